The van der Waals surface area contributed by atoms with Crippen LogP contribution in [0.25, 0.3) is 0 Å². The fourth-order valence-electron chi connectivity index (χ4n) is 11.1. The molecule has 0 aromatic rings. The number of rotatable bonds is 7. The lowest BCUT2D eigenvalue weighted by atomic mass is 9.70. The molecule has 1 heterocycles. The molecule has 6 rings (SSSR count). The van der Waals surface area contributed by atoms with Crippen LogP contribution < -0.4 is 0 Å². The average molecular weight is 525 g/mol. The molecule has 0 spiro atoms. The molecule has 6 aliphatic rings. The number of nitrogens with zero attached hydrogens (tertiary/aromatic N) is 2. The van der Waals surface area contributed by atoms with Crippen molar-refractivity contribution in [2.45, 2.75) is 191 Å². The minimum absolute atomic E-state index is 0.930. The van der Waals surface area contributed by atoms with E-state index in [0.717, 1.165) is 47.8 Å². The average Bonchev–Trinajstić information content (AvgIpc) is 3.00. The third-order valence-corrected chi connectivity index (χ3v) is 13.1. The minimum atomic E-state index is 0.930. The maximum atomic E-state index is 3.19. The molecule has 0 aromatic carbocycles. The smallest absolute Gasteiger partial charge is 0.0152 e. The van der Waals surface area contributed by atoms with E-state index in [1.54, 1.807) is 38.5 Å². The summed E-state index contributed by atoms with van der Waals surface area (Å²) in [5, 5.41) is 0. The van der Waals surface area contributed by atoms with Crippen LogP contribution in [0.3, 0.4) is 0 Å². The lowest BCUT2D eigenvalue weighted by Crippen LogP contribution is -2.53. The zero-order valence-electron chi connectivity index (χ0n) is 25.3. The van der Waals surface area contributed by atoms with Gasteiger partial charge in [-0.25, -0.2) is 0 Å². The first kappa shape index (κ1) is 28.1. The van der Waals surface area contributed by atoms with E-state index in [1.807, 2.05) is 0 Å². The molecule has 0 amide bonds. The number of piperidine rings is 1. The van der Waals surface area contributed by atoms with Crippen molar-refractivity contribution in [3.8, 4) is 0 Å². The Labute approximate surface area is 237 Å². The summed E-state index contributed by atoms with van der Waals surface area (Å²) in [5.74, 6) is 4.16. The van der Waals surface area contributed by atoms with Crippen LogP contribution in [0.2, 0.25) is 0 Å². The molecule has 0 atom stereocenters. The second kappa shape index (κ2) is 14.2. The second-order valence-electron chi connectivity index (χ2n) is 15.3. The summed E-state index contributed by atoms with van der Waals surface area (Å²) < 4.78 is 0. The van der Waals surface area contributed by atoms with E-state index in [-0.39, 0.29) is 0 Å². The van der Waals surface area contributed by atoms with Gasteiger partial charge in [0.25, 0.3) is 0 Å². The summed E-state index contributed by atoms with van der Waals surface area (Å²) in [6, 6.07) is 3.76. The SMILES string of the molecule is C1CCC(C(C2CCCCC2)N2CCC(C3CCC(N(C4CCCCC4)C4CCCCC4)CC3)CC2)CC1. The molecule has 0 aromatic heterocycles. The van der Waals surface area contributed by atoms with Gasteiger partial charge in [-0.2, -0.15) is 0 Å². The van der Waals surface area contributed by atoms with Crippen molar-refractivity contribution in [2.75, 3.05) is 13.1 Å². The first-order chi connectivity index (χ1) is 18.9. The molecule has 5 aliphatic carbocycles. The summed E-state index contributed by atoms with van der Waals surface area (Å²) in [6.07, 6.45) is 39.6. The van der Waals surface area contributed by atoms with Gasteiger partial charge in [0.05, 0.1) is 0 Å². The van der Waals surface area contributed by atoms with Crippen LogP contribution in [0.5, 0.6) is 0 Å². The molecular weight excluding hydrogens is 460 g/mol. The molecule has 0 bridgehead atoms. The van der Waals surface area contributed by atoms with E-state index < -0.39 is 0 Å². The fourth-order valence-corrected chi connectivity index (χ4v) is 11.1. The molecule has 0 radical (unpaired) electrons. The standard InChI is InChI=1S/C36H64N2/c1-5-13-31(14-6-1)36(32-15-7-2-8-16-32)37-27-25-30(26-28-37)29-21-23-35(24-22-29)38(33-17-9-3-10-18-33)34-19-11-4-12-20-34/h29-36H,1-28H2. The van der Waals surface area contributed by atoms with Gasteiger partial charge in [-0.3, -0.25) is 9.80 Å². The lowest BCUT2D eigenvalue weighted by Gasteiger charge is -2.50. The van der Waals surface area contributed by atoms with Crippen LogP contribution in [0.4, 0.5) is 0 Å². The van der Waals surface area contributed by atoms with Crippen LogP contribution in [-0.4, -0.2) is 47.1 Å². The maximum Gasteiger partial charge on any atom is 0.0152 e. The van der Waals surface area contributed by atoms with Gasteiger partial charge >= 0.3 is 0 Å². The predicted molar refractivity (Wildman–Crippen MR) is 163 cm³/mol. The molecule has 1 aliphatic heterocycles. The Morgan fingerprint density at radius 3 is 1.18 bits per heavy atom. The van der Waals surface area contributed by atoms with E-state index in [4.69, 9.17) is 0 Å². The zero-order chi connectivity index (χ0) is 25.6. The monoisotopic (exact) mass is 525 g/mol. The first-order valence-corrected chi connectivity index (χ1v) is 18.4. The van der Waals surface area contributed by atoms with Gasteiger partial charge < -0.3 is 0 Å². The Balaban J connectivity index is 1.02. The number of hydrogen-bond acceptors (Lipinski definition) is 2. The number of likely N-dealkylation sites (tertiary alicyclic amines) is 1. The molecule has 6 fully saturated rings. The third kappa shape index (κ3) is 6.86. The molecule has 2 nitrogen and oxygen atoms in total. The van der Waals surface area contributed by atoms with E-state index >= 15 is 0 Å². The van der Waals surface area contributed by atoms with Gasteiger partial charge in [0.15, 0.2) is 0 Å². The molecule has 0 unspecified atom stereocenters. The molecule has 0 N–H and O–H groups in total. The maximum absolute atomic E-state index is 3.19. The van der Waals surface area contributed by atoms with E-state index in [1.165, 1.54) is 142 Å². The van der Waals surface area contributed by atoms with Crippen LogP contribution in [0, 0.1) is 23.7 Å². The van der Waals surface area contributed by atoms with Crippen LogP contribution in [0.15, 0.2) is 0 Å². The van der Waals surface area contributed by atoms with E-state index in [0.29, 0.717) is 0 Å². The largest absolute Gasteiger partial charge is 0.300 e. The quantitative estimate of drug-likeness (QED) is 0.327. The molecule has 38 heavy (non-hydrogen) atoms. The molecular formula is C36H64N2. The predicted octanol–water partition coefficient (Wildman–Crippen LogP) is 9.75. The van der Waals surface area contributed by atoms with Crippen molar-refractivity contribution in [3.05, 3.63) is 0 Å². The Hall–Kier alpha value is -0.0800. The minimum Gasteiger partial charge on any atom is -0.300 e. The fraction of sp³-hybridized carbons (Fsp3) is 1.00. The topological polar surface area (TPSA) is 6.48 Å². The normalized spacial score (nSPS) is 33.3. The Bertz CT molecular complexity index is 557. The highest BCUT2D eigenvalue weighted by atomic mass is 15.2. The van der Waals surface area contributed by atoms with Crippen molar-refractivity contribution < 1.29 is 0 Å². The lowest BCUT2D eigenvalue weighted by molar-refractivity contribution is -0.00376. The Morgan fingerprint density at radius 1 is 0.368 bits per heavy atom. The molecule has 5 saturated carbocycles. The number of hydrogen-bond donors (Lipinski definition) is 0. The first-order valence-electron chi connectivity index (χ1n) is 18.4. The molecule has 218 valence electrons. The van der Waals surface area contributed by atoms with Gasteiger partial charge in [0.2, 0.25) is 0 Å². The van der Waals surface area contributed by atoms with Crippen molar-refractivity contribution in [3.63, 3.8) is 0 Å². The van der Waals surface area contributed by atoms with E-state index in [9.17, 15) is 0 Å². The summed E-state index contributed by atoms with van der Waals surface area (Å²) >= 11 is 0. The van der Waals surface area contributed by atoms with Crippen LogP contribution in [-0.2, 0) is 0 Å². The van der Waals surface area contributed by atoms with Gasteiger partial charge in [0, 0.05) is 24.2 Å². The van der Waals surface area contributed by atoms with Gasteiger partial charge in [-0.1, -0.05) is 77.0 Å². The van der Waals surface area contributed by atoms with Gasteiger partial charge in [0.1, 0.15) is 0 Å². The summed E-state index contributed by atoms with van der Waals surface area (Å²) in [7, 11) is 0. The Kier molecular flexibility index (Phi) is 10.5. The van der Waals surface area contributed by atoms with Gasteiger partial charge in [-0.05, 0) is 127 Å². The highest BCUT2D eigenvalue weighted by Crippen LogP contribution is 2.44. The second-order valence-corrected chi connectivity index (χ2v) is 15.3. The highest BCUT2D eigenvalue weighted by molar-refractivity contribution is 4.94. The molecule has 1 saturated heterocycles. The summed E-state index contributed by atoms with van der Waals surface area (Å²) in [4.78, 5) is 6.28. The van der Waals surface area contributed by atoms with Gasteiger partial charge in [-0.15, -0.1) is 0 Å². The van der Waals surface area contributed by atoms with E-state index in [2.05, 4.69) is 9.80 Å². The Morgan fingerprint density at radius 2 is 0.737 bits per heavy atom. The highest BCUT2D eigenvalue weighted by Gasteiger charge is 2.40. The molecule has 2 heteroatoms. The zero-order valence-corrected chi connectivity index (χ0v) is 25.3. The summed E-state index contributed by atoms with van der Waals surface area (Å²) in [6.45, 7) is 2.89. The van der Waals surface area contributed by atoms with Crippen LogP contribution >= 0.6 is 0 Å². The third-order valence-electron chi connectivity index (χ3n) is 13.1. The van der Waals surface area contributed by atoms with Crippen LogP contribution in [0.1, 0.15) is 167 Å². The van der Waals surface area contributed by atoms with Crippen molar-refractivity contribution in [2.24, 2.45) is 23.7 Å². The van der Waals surface area contributed by atoms with Crippen molar-refractivity contribution >= 4 is 0 Å². The van der Waals surface area contributed by atoms with Crippen molar-refractivity contribution in [1.29, 1.82) is 0 Å². The summed E-state index contributed by atoms with van der Waals surface area (Å²) in [5.41, 5.74) is 0. The van der Waals surface area contributed by atoms with Crippen molar-refractivity contribution in [1.82, 2.24) is 9.80 Å².